The number of hydrogen-bond acceptors (Lipinski definition) is 0. The molecule has 226 valence electrons. The van der Waals surface area contributed by atoms with Gasteiger partial charge in [-0.2, -0.15) is 0 Å². The van der Waals surface area contributed by atoms with E-state index in [1.165, 1.54) is 98.7 Å². The highest BCUT2D eigenvalue weighted by molar-refractivity contribution is 6.22. The lowest BCUT2D eigenvalue weighted by Gasteiger charge is -2.20. The van der Waals surface area contributed by atoms with Gasteiger partial charge in [-0.1, -0.05) is 164 Å². The molecule has 9 aromatic rings. The Hall–Kier alpha value is -5.98. The number of benzene rings is 9. The molecule has 0 N–H and O–H groups in total. The van der Waals surface area contributed by atoms with Crippen LogP contribution in [-0.2, 0) is 0 Å². The second-order valence-corrected chi connectivity index (χ2v) is 13.0. The molecular formula is C48H34. The third-order valence-electron chi connectivity index (χ3n) is 10.1. The Morgan fingerprint density at radius 1 is 0.271 bits per heavy atom. The van der Waals surface area contributed by atoms with Crippen molar-refractivity contribution < 1.29 is 0 Å². The predicted molar refractivity (Wildman–Crippen MR) is 208 cm³/mol. The molecule has 0 heteroatoms. The molecule has 0 unspecified atom stereocenters. The first-order valence-corrected chi connectivity index (χ1v) is 16.8. The van der Waals surface area contributed by atoms with Crippen LogP contribution in [-0.4, -0.2) is 0 Å². The van der Waals surface area contributed by atoms with Crippen LogP contribution in [0.1, 0.15) is 11.1 Å². The van der Waals surface area contributed by atoms with Crippen LogP contribution in [0.4, 0.5) is 0 Å². The van der Waals surface area contributed by atoms with Crippen molar-refractivity contribution in [1.82, 2.24) is 0 Å². The molecule has 0 aliphatic heterocycles. The smallest absolute Gasteiger partial charge is 0.00237 e. The van der Waals surface area contributed by atoms with Gasteiger partial charge < -0.3 is 0 Å². The van der Waals surface area contributed by atoms with Crippen molar-refractivity contribution in [2.75, 3.05) is 0 Å². The van der Waals surface area contributed by atoms with E-state index >= 15 is 0 Å². The van der Waals surface area contributed by atoms with Crippen molar-refractivity contribution in [2.45, 2.75) is 13.8 Å². The first-order valence-electron chi connectivity index (χ1n) is 16.8. The van der Waals surface area contributed by atoms with Crippen molar-refractivity contribution in [1.29, 1.82) is 0 Å². The van der Waals surface area contributed by atoms with Crippen LogP contribution in [0.3, 0.4) is 0 Å². The highest BCUT2D eigenvalue weighted by Crippen LogP contribution is 2.46. The minimum atomic E-state index is 1.24. The largest absolute Gasteiger partial charge is 0.0616 e. The van der Waals surface area contributed by atoms with Gasteiger partial charge in [0.05, 0.1) is 0 Å². The van der Waals surface area contributed by atoms with Crippen LogP contribution in [0.15, 0.2) is 170 Å². The fraction of sp³-hybridized carbons (Fsp3) is 0.0417. The predicted octanol–water partition coefficient (Wildman–Crippen LogP) is 13.6. The maximum Gasteiger partial charge on any atom is -0.00237 e. The van der Waals surface area contributed by atoms with Gasteiger partial charge in [-0.25, -0.2) is 0 Å². The van der Waals surface area contributed by atoms with Gasteiger partial charge in [0.2, 0.25) is 0 Å². The first kappa shape index (κ1) is 28.3. The van der Waals surface area contributed by atoms with Gasteiger partial charge in [0.15, 0.2) is 0 Å². The van der Waals surface area contributed by atoms with Crippen molar-refractivity contribution in [3.05, 3.63) is 181 Å². The molecule has 0 fully saturated rings. The average Bonchev–Trinajstić information content (AvgIpc) is 3.14. The van der Waals surface area contributed by atoms with E-state index in [1.54, 1.807) is 0 Å². The quantitative estimate of drug-likeness (QED) is 0.174. The summed E-state index contributed by atoms with van der Waals surface area (Å²) < 4.78 is 0. The zero-order valence-electron chi connectivity index (χ0n) is 27.2. The molecule has 0 saturated heterocycles. The zero-order chi connectivity index (χ0) is 32.2. The lowest BCUT2D eigenvalue weighted by atomic mass is 9.83. The Labute approximate surface area is 281 Å². The Kier molecular flexibility index (Phi) is 6.69. The maximum absolute atomic E-state index is 2.37. The van der Waals surface area contributed by atoms with Gasteiger partial charge >= 0.3 is 0 Å². The van der Waals surface area contributed by atoms with Gasteiger partial charge in [-0.05, 0) is 119 Å². The molecule has 0 nitrogen and oxygen atoms in total. The van der Waals surface area contributed by atoms with E-state index in [-0.39, 0.29) is 0 Å². The van der Waals surface area contributed by atoms with Gasteiger partial charge in [-0.3, -0.25) is 0 Å². The molecule has 0 heterocycles. The SMILES string of the molecule is Cc1cc(-c2ccc3ccccc3c2)ccc1-c1c2ccccc2c(-c2ccc(-c3cccc4ccccc34)cc2C)c2ccccc12. The molecule has 9 aromatic carbocycles. The second-order valence-electron chi connectivity index (χ2n) is 13.0. The first-order chi connectivity index (χ1) is 23.6. The van der Waals surface area contributed by atoms with Gasteiger partial charge in [0, 0.05) is 0 Å². The molecule has 0 saturated carbocycles. The van der Waals surface area contributed by atoms with E-state index in [4.69, 9.17) is 0 Å². The molecule has 0 aromatic heterocycles. The summed E-state index contributed by atoms with van der Waals surface area (Å²) in [5.41, 5.74) is 12.7. The molecular weight excluding hydrogens is 577 g/mol. The second kappa shape index (κ2) is 11.4. The van der Waals surface area contributed by atoms with Gasteiger partial charge in [0.1, 0.15) is 0 Å². The molecule has 0 aliphatic carbocycles. The fourth-order valence-electron chi connectivity index (χ4n) is 7.79. The Morgan fingerprint density at radius 3 is 1.31 bits per heavy atom. The van der Waals surface area contributed by atoms with Crippen LogP contribution in [0.5, 0.6) is 0 Å². The lowest BCUT2D eigenvalue weighted by molar-refractivity contribution is 1.46. The summed E-state index contributed by atoms with van der Waals surface area (Å²) in [7, 11) is 0. The minimum absolute atomic E-state index is 1.24. The summed E-state index contributed by atoms with van der Waals surface area (Å²) >= 11 is 0. The summed E-state index contributed by atoms with van der Waals surface area (Å²) in [4.78, 5) is 0. The Morgan fingerprint density at radius 2 is 0.708 bits per heavy atom. The van der Waals surface area contributed by atoms with Crippen LogP contribution in [0, 0.1) is 13.8 Å². The highest BCUT2D eigenvalue weighted by atomic mass is 14.2. The topological polar surface area (TPSA) is 0 Å². The summed E-state index contributed by atoms with van der Waals surface area (Å²) in [6, 6.07) is 62.5. The molecule has 0 spiro atoms. The van der Waals surface area contributed by atoms with Crippen molar-refractivity contribution in [3.8, 4) is 44.5 Å². The molecule has 0 radical (unpaired) electrons. The maximum atomic E-state index is 2.37. The van der Waals surface area contributed by atoms with Crippen LogP contribution >= 0.6 is 0 Å². The van der Waals surface area contributed by atoms with Crippen LogP contribution < -0.4 is 0 Å². The van der Waals surface area contributed by atoms with Crippen LogP contribution in [0.25, 0.3) is 87.6 Å². The van der Waals surface area contributed by atoms with Crippen molar-refractivity contribution in [3.63, 3.8) is 0 Å². The van der Waals surface area contributed by atoms with E-state index in [1.807, 2.05) is 0 Å². The number of fused-ring (bicyclic) bond motifs is 4. The average molecular weight is 611 g/mol. The Bertz CT molecular complexity index is 2630. The van der Waals surface area contributed by atoms with E-state index in [0.717, 1.165) is 0 Å². The molecule has 9 rings (SSSR count). The third-order valence-corrected chi connectivity index (χ3v) is 10.1. The summed E-state index contributed by atoms with van der Waals surface area (Å²) in [5, 5.41) is 10.2. The van der Waals surface area contributed by atoms with E-state index in [2.05, 4.69) is 184 Å². The van der Waals surface area contributed by atoms with E-state index in [0.29, 0.717) is 0 Å². The summed E-state index contributed by atoms with van der Waals surface area (Å²) in [6.45, 7) is 4.52. The highest BCUT2D eigenvalue weighted by Gasteiger charge is 2.19. The van der Waals surface area contributed by atoms with E-state index < -0.39 is 0 Å². The molecule has 0 atom stereocenters. The van der Waals surface area contributed by atoms with Gasteiger partial charge in [0.25, 0.3) is 0 Å². The third kappa shape index (κ3) is 4.61. The fourth-order valence-corrected chi connectivity index (χ4v) is 7.79. The molecule has 0 amide bonds. The zero-order valence-corrected chi connectivity index (χ0v) is 27.2. The normalized spacial score (nSPS) is 11.5. The molecule has 0 bridgehead atoms. The molecule has 48 heavy (non-hydrogen) atoms. The Balaban J connectivity index is 1.22. The standard InChI is InChI=1S/C48H34/c1-31-28-36(37-23-22-33-12-3-4-14-35(33)30-37)24-26-39(31)47-43-17-7-9-19-45(43)48(46-20-10-8-18-44(46)47)40-27-25-38(29-32(40)2)42-21-11-15-34-13-5-6-16-41(34)42/h3-30H,1-2H3. The monoisotopic (exact) mass is 610 g/mol. The number of rotatable bonds is 4. The minimum Gasteiger partial charge on any atom is -0.0616 e. The van der Waals surface area contributed by atoms with Gasteiger partial charge in [-0.15, -0.1) is 0 Å². The van der Waals surface area contributed by atoms with E-state index in [9.17, 15) is 0 Å². The number of hydrogen-bond donors (Lipinski definition) is 0. The summed E-state index contributed by atoms with van der Waals surface area (Å²) in [6.07, 6.45) is 0. The summed E-state index contributed by atoms with van der Waals surface area (Å²) in [5.74, 6) is 0. The molecule has 0 aliphatic rings. The number of aryl methyl sites for hydroxylation is 2. The lowest BCUT2D eigenvalue weighted by Crippen LogP contribution is -1.94. The van der Waals surface area contributed by atoms with Crippen LogP contribution in [0.2, 0.25) is 0 Å². The van der Waals surface area contributed by atoms with Crippen molar-refractivity contribution in [2.24, 2.45) is 0 Å². The van der Waals surface area contributed by atoms with Crippen molar-refractivity contribution >= 4 is 43.1 Å².